The van der Waals surface area contributed by atoms with Gasteiger partial charge in [-0.25, -0.2) is 0 Å². The third-order valence-corrected chi connectivity index (χ3v) is 3.18. The van der Waals surface area contributed by atoms with E-state index < -0.39 is 0 Å². The second-order valence-corrected chi connectivity index (χ2v) is 4.76. The topological polar surface area (TPSA) is 88.1 Å². The Hall–Kier alpha value is -2.24. The number of oxime groups is 1. The average Bonchev–Trinajstić information content (AvgIpc) is 2.50. The highest BCUT2D eigenvalue weighted by Gasteiger charge is 2.07. The van der Waals surface area contributed by atoms with Crippen molar-refractivity contribution in [3.05, 3.63) is 58.6 Å². The Bertz CT molecular complexity index is 642. The first kappa shape index (κ1) is 15.2. The number of nitrogens with zero attached hydrogens (tertiary/aromatic N) is 1. The van der Waals surface area contributed by atoms with Gasteiger partial charge in [0, 0.05) is 12.2 Å². The Labute approximate surface area is 127 Å². The van der Waals surface area contributed by atoms with Gasteiger partial charge in [-0.05, 0) is 42.3 Å². The van der Waals surface area contributed by atoms with Crippen LogP contribution in [-0.4, -0.2) is 22.8 Å². The van der Waals surface area contributed by atoms with Crippen LogP contribution < -0.4 is 10.5 Å². The summed E-state index contributed by atoms with van der Waals surface area (Å²) in [4.78, 5) is 0. The SMILES string of the molecule is N/C(=N/O)c1ccc(Oc2ccc(CCO)cc2)c(Cl)c1. The molecule has 0 heterocycles. The van der Waals surface area contributed by atoms with Crippen LogP contribution in [0, 0.1) is 0 Å². The van der Waals surface area contributed by atoms with Crippen molar-refractivity contribution in [1.82, 2.24) is 0 Å². The molecule has 6 heteroatoms. The van der Waals surface area contributed by atoms with Crippen LogP contribution >= 0.6 is 11.6 Å². The van der Waals surface area contributed by atoms with Gasteiger partial charge >= 0.3 is 0 Å². The Morgan fingerprint density at radius 1 is 1.19 bits per heavy atom. The van der Waals surface area contributed by atoms with Gasteiger partial charge in [-0.3, -0.25) is 0 Å². The summed E-state index contributed by atoms with van der Waals surface area (Å²) in [6, 6.07) is 12.2. The molecule has 0 fully saturated rings. The number of rotatable bonds is 5. The lowest BCUT2D eigenvalue weighted by Crippen LogP contribution is -2.12. The fraction of sp³-hybridized carbons (Fsp3) is 0.133. The van der Waals surface area contributed by atoms with Crippen molar-refractivity contribution >= 4 is 17.4 Å². The molecule has 0 amide bonds. The van der Waals surface area contributed by atoms with Crippen molar-refractivity contribution in [1.29, 1.82) is 0 Å². The van der Waals surface area contributed by atoms with E-state index in [-0.39, 0.29) is 12.4 Å². The number of nitrogens with two attached hydrogens (primary N) is 1. The second kappa shape index (κ2) is 6.97. The second-order valence-electron chi connectivity index (χ2n) is 4.35. The van der Waals surface area contributed by atoms with E-state index in [9.17, 15) is 0 Å². The quantitative estimate of drug-likeness (QED) is 0.343. The number of benzene rings is 2. The van der Waals surface area contributed by atoms with Crippen LogP contribution in [0.25, 0.3) is 0 Å². The fourth-order valence-electron chi connectivity index (χ4n) is 1.78. The highest BCUT2D eigenvalue weighted by Crippen LogP contribution is 2.30. The normalized spacial score (nSPS) is 11.4. The van der Waals surface area contributed by atoms with Crippen LogP contribution in [-0.2, 0) is 6.42 Å². The van der Waals surface area contributed by atoms with E-state index in [1.54, 1.807) is 30.3 Å². The third-order valence-electron chi connectivity index (χ3n) is 2.89. The summed E-state index contributed by atoms with van der Waals surface area (Å²) >= 11 is 6.11. The number of hydrogen-bond donors (Lipinski definition) is 3. The van der Waals surface area contributed by atoms with Gasteiger partial charge < -0.3 is 20.8 Å². The van der Waals surface area contributed by atoms with Crippen LogP contribution in [0.5, 0.6) is 11.5 Å². The van der Waals surface area contributed by atoms with Crippen LogP contribution in [0.2, 0.25) is 5.02 Å². The predicted octanol–water partition coefficient (Wildman–Crippen LogP) is 2.76. The van der Waals surface area contributed by atoms with E-state index in [0.29, 0.717) is 28.5 Å². The van der Waals surface area contributed by atoms with Crippen LogP contribution in [0.4, 0.5) is 0 Å². The van der Waals surface area contributed by atoms with Crippen LogP contribution in [0.15, 0.2) is 47.6 Å². The average molecular weight is 307 g/mol. The lowest BCUT2D eigenvalue weighted by molar-refractivity contribution is 0.299. The van der Waals surface area contributed by atoms with Crippen molar-refractivity contribution in [2.45, 2.75) is 6.42 Å². The monoisotopic (exact) mass is 306 g/mol. The molecule has 2 aromatic rings. The molecule has 0 aliphatic heterocycles. The van der Waals surface area contributed by atoms with Gasteiger partial charge in [-0.1, -0.05) is 28.9 Å². The van der Waals surface area contributed by atoms with E-state index in [2.05, 4.69) is 5.16 Å². The molecule has 0 saturated heterocycles. The van der Waals surface area contributed by atoms with Crippen LogP contribution in [0.1, 0.15) is 11.1 Å². The van der Waals surface area contributed by atoms with E-state index in [0.717, 1.165) is 5.56 Å². The lowest BCUT2D eigenvalue weighted by Gasteiger charge is -2.09. The van der Waals surface area contributed by atoms with Crippen molar-refractivity contribution in [3.8, 4) is 11.5 Å². The van der Waals surface area contributed by atoms with E-state index >= 15 is 0 Å². The molecule has 0 unspecified atom stereocenters. The molecular formula is C15H15ClN2O3. The lowest BCUT2D eigenvalue weighted by atomic mass is 10.1. The van der Waals surface area contributed by atoms with Gasteiger partial charge in [0.25, 0.3) is 0 Å². The minimum absolute atomic E-state index is 0.0168. The molecule has 0 aliphatic rings. The zero-order chi connectivity index (χ0) is 15.2. The summed E-state index contributed by atoms with van der Waals surface area (Å²) in [5.74, 6) is 1.09. The van der Waals surface area contributed by atoms with E-state index in [1.807, 2.05) is 12.1 Å². The Balaban J connectivity index is 2.16. The molecule has 21 heavy (non-hydrogen) atoms. The highest BCUT2D eigenvalue weighted by atomic mass is 35.5. The van der Waals surface area contributed by atoms with Crippen molar-refractivity contribution in [2.24, 2.45) is 10.9 Å². The maximum Gasteiger partial charge on any atom is 0.170 e. The van der Waals surface area contributed by atoms with Gasteiger partial charge in [0.1, 0.15) is 11.5 Å². The van der Waals surface area contributed by atoms with Crippen molar-refractivity contribution in [3.63, 3.8) is 0 Å². The zero-order valence-electron chi connectivity index (χ0n) is 11.2. The largest absolute Gasteiger partial charge is 0.456 e. The van der Waals surface area contributed by atoms with E-state index in [1.165, 1.54) is 0 Å². The number of hydrogen-bond acceptors (Lipinski definition) is 4. The molecule has 0 saturated carbocycles. The van der Waals surface area contributed by atoms with Gasteiger partial charge in [0.15, 0.2) is 5.84 Å². The Kier molecular flexibility index (Phi) is 5.03. The molecule has 2 aromatic carbocycles. The molecular weight excluding hydrogens is 292 g/mol. The maximum atomic E-state index is 8.87. The number of halogens is 1. The first-order valence-corrected chi connectivity index (χ1v) is 6.67. The number of ether oxygens (including phenoxy) is 1. The molecule has 0 aromatic heterocycles. The zero-order valence-corrected chi connectivity index (χ0v) is 11.9. The highest BCUT2D eigenvalue weighted by molar-refractivity contribution is 6.32. The third kappa shape index (κ3) is 3.87. The van der Waals surface area contributed by atoms with Gasteiger partial charge in [0.05, 0.1) is 5.02 Å². The number of aliphatic hydroxyl groups is 1. The summed E-state index contributed by atoms with van der Waals surface area (Å²) in [6.07, 6.45) is 0.607. The first-order chi connectivity index (χ1) is 10.1. The number of amidine groups is 1. The van der Waals surface area contributed by atoms with Crippen LogP contribution in [0.3, 0.4) is 0 Å². The molecule has 110 valence electrons. The van der Waals surface area contributed by atoms with Gasteiger partial charge in [-0.2, -0.15) is 0 Å². The van der Waals surface area contributed by atoms with Gasteiger partial charge in [-0.15, -0.1) is 0 Å². The predicted molar refractivity (Wildman–Crippen MR) is 81.3 cm³/mol. The standard InChI is InChI=1S/C15H15ClN2O3/c16-13-9-11(15(17)18-20)3-6-14(13)21-12-4-1-10(2-5-12)7-8-19/h1-6,9,19-20H,7-8H2,(H2,17,18). The molecule has 0 bridgehead atoms. The van der Waals surface area contributed by atoms with Crippen molar-refractivity contribution in [2.75, 3.05) is 6.61 Å². The molecule has 0 radical (unpaired) electrons. The minimum atomic E-state index is -0.0168. The summed E-state index contributed by atoms with van der Waals surface area (Å²) in [6.45, 7) is 0.112. The summed E-state index contributed by atoms with van der Waals surface area (Å²) in [5.41, 5.74) is 7.02. The molecule has 0 aliphatic carbocycles. The molecule has 4 N–H and O–H groups in total. The molecule has 0 spiro atoms. The first-order valence-electron chi connectivity index (χ1n) is 6.29. The fourth-order valence-corrected chi connectivity index (χ4v) is 2.00. The van der Waals surface area contributed by atoms with Gasteiger partial charge in [0.2, 0.25) is 0 Å². The Morgan fingerprint density at radius 3 is 2.48 bits per heavy atom. The Morgan fingerprint density at radius 2 is 1.90 bits per heavy atom. The van der Waals surface area contributed by atoms with Crippen molar-refractivity contribution < 1.29 is 15.1 Å². The summed E-state index contributed by atoms with van der Waals surface area (Å²) in [5, 5.41) is 20.8. The number of aliphatic hydroxyl groups excluding tert-OH is 1. The molecule has 2 rings (SSSR count). The molecule has 0 atom stereocenters. The molecule has 5 nitrogen and oxygen atoms in total. The summed E-state index contributed by atoms with van der Waals surface area (Å²) < 4.78 is 5.67. The maximum absolute atomic E-state index is 8.87. The minimum Gasteiger partial charge on any atom is -0.456 e. The summed E-state index contributed by atoms with van der Waals surface area (Å²) in [7, 11) is 0. The smallest absolute Gasteiger partial charge is 0.170 e. The van der Waals surface area contributed by atoms with E-state index in [4.69, 9.17) is 32.4 Å².